The summed E-state index contributed by atoms with van der Waals surface area (Å²) >= 11 is 0. The van der Waals surface area contributed by atoms with Gasteiger partial charge in [-0.3, -0.25) is 4.79 Å². The maximum atomic E-state index is 12.4. The van der Waals surface area contributed by atoms with E-state index in [0.717, 1.165) is 51.9 Å². The van der Waals surface area contributed by atoms with E-state index >= 15 is 0 Å². The molecule has 0 aromatic carbocycles. The predicted octanol–water partition coefficient (Wildman–Crippen LogP) is 1.81. The van der Waals surface area contributed by atoms with Gasteiger partial charge in [-0.1, -0.05) is 19.8 Å². The second-order valence-electron chi connectivity index (χ2n) is 4.93. The fourth-order valence-corrected chi connectivity index (χ4v) is 2.86. The highest BCUT2D eigenvalue weighted by atomic mass is 35.5. The monoisotopic (exact) mass is 246 g/mol. The Morgan fingerprint density at radius 2 is 1.94 bits per heavy atom. The second kappa shape index (κ2) is 5.87. The number of hydrogen-bond donors (Lipinski definition) is 1. The van der Waals surface area contributed by atoms with Crippen LogP contribution in [0.15, 0.2) is 0 Å². The minimum Gasteiger partial charge on any atom is -0.340 e. The van der Waals surface area contributed by atoms with Gasteiger partial charge < -0.3 is 10.2 Å². The van der Waals surface area contributed by atoms with E-state index in [0.29, 0.717) is 5.91 Å². The summed E-state index contributed by atoms with van der Waals surface area (Å²) in [5, 5.41) is 3.30. The van der Waals surface area contributed by atoms with Crippen LogP contribution in [0.2, 0.25) is 0 Å². The number of carbonyl (C=O) groups excluding carboxylic acids is 1. The van der Waals surface area contributed by atoms with Gasteiger partial charge in [0.15, 0.2) is 0 Å². The molecule has 94 valence electrons. The standard InChI is InChI=1S/C12H22N2O.ClH/c1-2-4-12(5-3-6-12)11(15)14-9-7-13-8-10-14;/h13H,2-10H2,1H3;1H. The van der Waals surface area contributed by atoms with Gasteiger partial charge in [0.05, 0.1) is 0 Å². The average Bonchev–Trinajstić information content (AvgIpc) is 2.24. The number of nitrogens with zero attached hydrogens (tertiary/aromatic N) is 1. The van der Waals surface area contributed by atoms with Crippen molar-refractivity contribution in [2.75, 3.05) is 26.2 Å². The van der Waals surface area contributed by atoms with E-state index in [4.69, 9.17) is 0 Å². The molecule has 1 aliphatic carbocycles. The number of nitrogens with one attached hydrogen (secondary N) is 1. The first-order valence-corrected chi connectivity index (χ1v) is 6.29. The molecule has 2 fully saturated rings. The Kier molecular flexibility index (Phi) is 5.06. The van der Waals surface area contributed by atoms with Crippen LogP contribution in [0.25, 0.3) is 0 Å². The SMILES string of the molecule is CCCC1(C(=O)N2CCNCC2)CCC1.Cl. The van der Waals surface area contributed by atoms with Crippen LogP contribution in [-0.4, -0.2) is 37.0 Å². The lowest BCUT2D eigenvalue weighted by Gasteiger charge is -2.44. The Labute approximate surface area is 104 Å². The van der Waals surface area contributed by atoms with Crippen molar-refractivity contribution in [2.24, 2.45) is 5.41 Å². The van der Waals surface area contributed by atoms with Crippen LogP contribution in [-0.2, 0) is 4.79 Å². The van der Waals surface area contributed by atoms with E-state index in [1.165, 1.54) is 6.42 Å². The van der Waals surface area contributed by atoms with Gasteiger partial charge in [-0.15, -0.1) is 12.4 Å². The second-order valence-corrected chi connectivity index (χ2v) is 4.93. The number of amides is 1. The molecule has 0 bridgehead atoms. The molecule has 1 amide bonds. The molecule has 1 saturated carbocycles. The van der Waals surface area contributed by atoms with Crippen LogP contribution in [0.3, 0.4) is 0 Å². The van der Waals surface area contributed by atoms with Crippen molar-refractivity contribution in [1.29, 1.82) is 0 Å². The quantitative estimate of drug-likeness (QED) is 0.824. The van der Waals surface area contributed by atoms with Gasteiger partial charge in [0, 0.05) is 31.6 Å². The minimum absolute atomic E-state index is 0. The van der Waals surface area contributed by atoms with Gasteiger partial charge in [-0.05, 0) is 19.3 Å². The molecule has 0 aromatic heterocycles. The van der Waals surface area contributed by atoms with Crippen LogP contribution >= 0.6 is 12.4 Å². The summed E-state index contributed by atoms with van der Waals surface area (Å²) in [5.41, 5.74) is 0.0477. The molecular formula is C12H23ClN2O. The van der Waals surface area contributed by atoms with Gasteiger partial charge in [0.1, 0.15) is 0 Å². The smallest absolute Gasteiger partial charge is 0.228 e. The largest absolute Gasteiger partial charge is 0.340 e. The zero-order chi connectivity index (χ0) is 10.7. The van der Waals surface area contributed by atoms with Crippen molar-refractivity contribution >= 4 is 18.3 Å². The molecule has 2 rings (SSSR count). The van der Waals surface area contributed by atoms with E-state index in [2.05, 4.69) is 17.1 Å². The first kappa shape index (κ1) is 13.8. The van der Waals surface area contributed by atoms with Crippen molar-refractivity contribution < 1.29 is 4.79 Å². The summed E-state index contributed by atoms with van der Waals surface area (Å²) < 4.78 is 0. The Balaban J connectivity index is 0.00000128. The Bertz CT molecular complexity index is 235. The number of rotatable bonds is 3. The molecule has 0 aromatic rings. The van der Waals surface area contributed by atoms with Gasteiger partial charge in [0.25, 0.3) is 0 Å². The van der Waals surface area contributed by atoms with Crippen LogP contribution in [0.1, 0.15) is 39.0 Å². The Morgan fingerprint density at radius 1 is 1.31 bits per heavy atom. The predicted molar refractivity (Wildman–Crippen MR) is 67.9 cm³/mol. The maximum Gasteiger partial charge on any atom is 0.228 e. The van der Waals surface area contributed by atoms with Crippen LogP contribution < -0.4 is 5.32 Å². The summed E-state index contributed by atoms with van der Waals surface area (Å²) in [5.74, 6) is 0.442. The van der Waals surface area contributed by atoms with Crippen LogP contribution in [0, 0.1) is 5.41 Å². The third kappa shape index (κ3) is 2.51. The van der Waals surface area contributed by atoms with Crippen molar-refractivity contribution in [3.8, 4) is 0 Å². The summed E-state index contributed by atoms with van der Waals surface area (Å²) in [6.45, 7) is 5.93. The Hall–Kier alpha value is -0.280. The fourth-order valence-electron chi connectivity index (χ4n) is 2.86. The number of halogens is 1. The average molecular weight is 247 g/mol. The molecule has 2 aliphatic rings. The van der Waals surface area contributed by atoms with E-state index in [9.17, 15) is 4.79 Å². The molecule has 4 heteroatoms. The van der Waals surface area contributed by atoms with Gasteiger partial charge in [-0.25, -0.2) is 0 Å². The number of piperazine rings is 1. The van der Waals surface area contributed by atoms with Crippen LogP contribution in [0.5, 0.6) is 0 Å². The molecule has 1 N–H and O–H groups in total. The topological polar surface area (TPSA) is 32.3 Å². The molecule has 1 saturated heterocycles. The van der Waals surface area contributed by atoms with Crippen LogP contribution in [0.4, 0.5) is 0 Å². The fraction of sp³-hybridized carbons (Fsp3) is 0.917. The van der Waals surface area contributed by atoms with Crippen molar-refractivity contribution in [3.63, 3.8) is 0 Å². The lowest BCUT2D eigenvalue weighted by atomic mass is 9.65. The normalized spacial score (nSPS) is 23.2. The maximum absolute atomic E-state index is 12.4. The van der Waals surface area contributed by atoms with Crippen molar-refractivity contribution in [3.05, 3.63) is 0 Å². The minimum atomic E-state index is 0. The molecule has 3 nitrogen and oxygen atoms in total. The Morgan fingerprint density at radius 3 is 2.38 bits per heavy atom. The van der Waals surface area contributed by atoms with Crippen molar-refractivity contribution in [2.45, 2.75) is 39.0 Å². The summed E-state index contributed by atoms with van der Waals surface area (Å²) in [4.78, 5) is 14.5. The zero-order valence-corrected chi connectivity index (χ0v) is 10.9. The zero-order valence-electron chi connectivity index (χ0n) is 10.1. The summed E-state index contributed by atoms with van der Waals surface area (Å²) in [6, 6.07) is 0. The van der Waals surface area contributed by atoms with E-state index in [1.807, 2.05) is 0 Å². The van der Waals surface area contributed by atoms with E-state index in [1.54, 1.807) is 0 Å². The van der Waals surface area contributed by atoms with Gasteiger partial charge >= 0.3 is 0 Å². The third-order valence-corrected chi connectivity index (χ3v) is 3.90. The first-order valence-electron chi connectivity index (χ1n) is 6.29. The number of hydrogen-bond acceptors (Lipinski definition) is 2. The van der Waals surface area contributed by atoms with E-state index in [-0.39, 0.29) is 17.8 Å². The third-order valence-electron chi connectivity index (χ3n) is 3.90. The highest BCUT2D eigenvalue weighted by Crippen LogP contribution is 2.46. The highest BCUT2D eigenvalue weighted by molar-refractivity contribution is 5.85. The van der Waals surface area contributed by atoms with Crippen molar-refractivity contribution in [1.82, 2.24) is 10.2 Å². The van der Waals surface area contributed by atoms with Gasteiger partial charge in [-0.2, -0.15) is 0 Å². The lowest BCUT2D eigenvalue weighted by molar-refractivity contribution is -0.148. The summed E-state index contributed by atoms with van der Waals surface area (Å²) in [7, 11) is 0. The molecule has 1 aliphatic heterocycles. The van der Waals surface area contributed by atoms with E-state index < -0.39 is 0 Å². The molecule has 0 atom stereocenters. The molecule has 0 radical (unpaired) electrons. The number of carbonyl (C=O) groups is 1. The molecule has 0 unspecified atom stereocenters. The first-order chi connectivity index (χ1) is 7.28. The summed E-state index contributed by atoms with van der Waals surface area (Å²) in [6.07, 6.45) is 5.73. The molecule has 0 spiro atoms. The lowest BCUT2D eigenvalue weighted by Crippen LogP contribution is -2.54. The highest BCUT2D eigenvalue weighted by Gasteiger charge is 2.45. The molecule has 16 heavy (non-hydrogen) atoms. The molecular weight excluding hydrogens is 224 g/mol. The van der Waals surface area contributed by atoms with Gasteiger partial charge in [0.2, 0.25) is 5.91 Å². The molecule has 1 heterocycles.